The number of hydrogen-bond acceptors (Lipinski definition) is 24. The summed E-state index contributed by atoms with van der Waals surface area (Å²) in [6.07, 6.45) is 0. The minimum atomic E-state index is 0.510. The van der Waals surface area contributed by atoms with Crippen LogP contribution in [0.3, 0.4) is 0 Å². The number of fused-ring (bicyclic) bond motifs is 8. The predicted octanol–water partition coefficient (Wildman–Crippen LogP) is 17.9. The molecule has 8 aromatic heterocycles. The Morgan fingerprint density at radius 3 is 0.519 bits per heavy atom. The Kier molecular flexibility index (Phi) is 15.3. The molecule has 24 nitrogen and oxygen atoms in total. The molecule has 0 unspecified atom stereocenters. The maximum Gasteiger partial charge on any atom is 0.227 e. The van der Waals surface area contributed by atoms with Gasteiger partial charge < -0.3 is 81.2 Å². The van der Waals surface area contributed by atoms with Gasteiger partial charge in [-0.2, -0.15) is 0 Å². The fourth-order valence-corrected chi connectivity index (χ4v) is 11.7. The highest BCUT2D eigenvalue weighted by atomic mass is 16.4. The van der Waals surface area contributed by atoms with E-state index in [1.54, 1.807) is 12.1 Å². The van der Waals surface area contributed by atoms with Crippen LogP contribution in [0, 0.1) is 0 Å². The van der Waals surface area contributed by atoms with Gasteiger partial charge in [0.1, 0.15) is 44.1 Å². The molecule has 8 heterocycles. The normalized spacial score (nSPS) is 11.4. The SMILES string of the molecule is Nc1ccc(-c2nc3cc4nc(-c5cccc(N)c5)oc4cc3o2)cc1.Nc1ccc(-c2nc3cc4oc(-c5cccc(N)c5)nc4cc3o2)cc1.Nc1cccc(-c2nc3cc4nc(-c5cccc(N)c5)oc4cc3o2)c1.Nc1cccc(-c2nc3cc4oc(-c5cccc(N)c5)nc4cc3o2)c1. The van der Waals surface area contributed by atoms with E-state index in [2.05, 4.69) is 39.9 Å². The van der Waals surface area contributed by atoms with Crippen molar-refractivity contribution in [2.75, 3.05) is 45.9 Å². The van der Waals surface area contributed by atoms with Crippen molar-refractivity contribution in [1.82, 2.24) is 39.9 Å². The Hall–Kier alpha value is -15.2. The summed E-state index contributed by atoms with van der Waals surface area (Å²) in [6.45, 7) is 0. The Morgan fingerprint density at radius 2 is 0.327 bits per heavy atom. The summed E-state index contributed by atoms with van der Waals surface area (Å²) >= 11 is 0. The van der Waals surface area contributed by atoms with Gasteiger partial charge in [-0.05, 0) is 170 Å². The second-order valence-electron chi connectivity index (χ2n) is 24.3. The minimum absolute atomic E-state index is 0.510. The van der Waals surface area contributed by atoms with Crippen molar-refractivity contribution < 1.29 is 35.3 Å². The van der Waals surface area contributed by atoms with Crippen LogP contribution in [0.25, 0.3) is 180 Å². The van der Waals surface area contributed by atoms with Crippen LogP contribution in [0.15, 0.2) is 278 Å². The smallest absolute Gasteiger partial charge is 0.227 e. The molecule has 0 atom stereocenters. The lowest BCUT2D eigenvalue weighted by molar-refractivity contribution is 0.608. The van der Waals surface area contributed by atoms with Crippen molar-refractivity contribution in [3.8, 4) is 91.6 Å². The van der Waals surface area contributed by atoms with Crippen LogP contribution in [0.4, 0.5) is 45.5 Å². The van der Waals surface area contributed by atoms with Gasteiger partial charge in [0.15, 0.2) is 44.7 Å². The topological polar surface area (TPSA) is 416 Å². The summed E-state index contributed by atoms with van der Waals surface area (Å²) in [7, 11) is 0. The second-order valence-corrected chi connectivity index (χ2v) is 24.3. The number of rotatable bonds is 8. The number of anilines is 8. The van der Waals surface area contributed by atoms with Crippen LogP contribution in [0.1, 0.15) is 0 Å². The van der Waals surface area contributed by atoms with E-state index in [1.165, 1.54) is 0 Å². The molecule has 0 radical (unpaired) electrons. The van der Waals surface area contributed by atoms with Gasteiger partial charge in [0.05, 0.1) is 0 Å². The molecule has 20 aromatic rings. The van der Waals surface area contributed by atoms with Gasteiger partial charge in [-0.3, -0.25) is 0 Å². The van der Waals surface area contributed by atoms with Gasteiger partial charge in [-0.25, -0.2) is 39.9 Å². The number of benzene rings is 12. The highest BCUT2D eigenvalue weighted by molar-refractivity contribution is 5.95. The molecular formula is C80H56N16O8. The van der Waals surface area contributed by atoms with Crippen molar-refractivity contribution in [1.29, 1.82) is 0 Å². The lowest BCUT2D eigenvalue weighted by atomic mass is 10.2. The fourth-order valence-electron chi connectivity index (χ4n) is 11.7. The van der Waals surface area contributed by atoms with Crippen molar-refractivity contribution in [2.24, 2.45) is 0 Å². The van der Waals surface area contributed by atoms with E-state index in [0.29, 0.717) is 176 Å². The Bertz CT molecular complexity index is 5850. The molecule has 0 aliphatic heterocycles. The van der Waals surface area contributed by atoms with Gasteiger partial charge in [-0.1, -0.05) is 36.4 Å². The first-order valence-corrected chi connectivity index (χ1v) is 32.3. The van der Waals surface area contributed by atoms with Gasteiger partial charge in [-0.15, -0.1) is 0 Å². The van der Waals surface area contributed by atoms with E-state index in [1.807, 2.05) is 231 Å². The predicted molar refractivity (Wildman–Crippen MR) is 405 cm³/mol. The average Bonchev–Trinajstić information content (AvgIpc) is 1.65. The molecule has 0 aliphatic rings. The third-order valence-electron chi connectivity index (χ3n) is 16.7. The lowest BCUT2D eigenvalue weighted by Gasteiger charge is -1.96. The van der Waals surface area contributed by atoms with Crippen LogP contribution in [0.2, 0.25) is 0 Å². The summed E-state index contributed by atoms with van der Waals surface area (Å²) in [5, 5.41) is 0. The second kappa shape index (κ2) is 25.6. The number of nitrogens with zero attached hydrogens (tertiary/aromatic N) is 8. The van der Waals surface area contributed by atoms with Crippen LogP contribution >= 0.6 is 0 Å². The zero-order valence-electron chi connectivity index (χ0n) is 54.6. The first-order chi connectivity index (χ1) is 50.6. The summed E-state index contributed by atoms with van der Waals surface area (Å²) in [5.41, 5.74) is 69.3. The largest absolute Gasteiger partial charge is 0.436 e. The highest BCUT2D eigenvalue weighted by Crippen LogP contribution is 2.37. The number of oxazole rings is 8. The minimum Gasteiger partial charge on any atom is -0.436 e. The quantitative estimate of drug-likeness (QED) is 0.0655. The van der Waals surface area contributed by atoms with Crippen molar-refractivity contribution in [3.05, 3.63) is 243 Å². The van der Waals surface area contributed by atoms with E-state index in [4.69, 9.17) is 81.2 Å². The zero-order valence-corrected chi connectivity index (χ0v) is 54.6. The van der Waals surface area contributed by atoms with Gasteiger partial charge in [0.2, 0.25) is 47.1 Å². The van der Waals surface area contributed by atoms with Crippen LogP contribution in [0.5, 0.6) is 0 Å². The molecular weight excluding hydrogens is 1310 g/mol. The van der Waals surface area contributed by atoms with Gasteiger partial charge in [0.25, 0.3) is 0 Å². The highest BCUT2D eigenvalue weighted by Gasteiger charge is 2.20. The molecule has 24 heteroatoms. The maximum atomic E-state index is 5.88. The third-order valence-corrected chi connectivity index (χ3v) is 16.7. The lowest BCUT2D eigenvalue weighted by Crippen LogP contribution is -1.84. The van der Waals surface area contributed by atoms with E-state index >= 15 is 0 Å². The Labute approximate surface area is 586 Å². The monoisotopic (exact) mass is 1370 g/mol. The van der Waals surface area contributed by atoms with E-state index in [9.17, 15) is 0 Å². The summed E-state index contributed by atoms with van der Waals surface area (Å²) < 4.78 is 47.0. The molecule has 0 saturated carbocycles. The zero-order chi connectivity index (χ0) is 70.7. The summed E-state index contributed by atoms with van der Waals surface area (Å²) in [4.78, 5) is 36.4. The van der Waals surface area contributed by atoms with Crippen LogP contribution in [-0.2, 0) is 0 Å². The molecule has 0 fully saturated rings. The first kappa shape index (κ1) is 62.3. The first-order valence-electron chi connectivity index (χ1n) is 32.3. The molecule has 20 rings (SSSR count). The molecule has 0 spiro atoms. The van der Waals surface area contributed by atoms with Crippen LogP contribution in [-0.4, -0.2) is 39.9 Å². The van der Waals surface area contributed by atoms with Crippen molar-refractivity contribution >= 4 is 134 Å². The number of aromatic nitrogens is 8. The molecule has 0 bridgehead atoms. The van der Waals surface area contributed by atoms with E-state index < -0.39 is 0 Å². The molecule has 0 amide bonds. The van der Waals surface area contributed by atoms with Crippen molar-refractivity contribution in [3.63, 3.8) is 0 Å². The van der Waals surface area contributed by atoms with Gasteiger partial charge in [0, 0.05) is 126 Å². The van der Waals surface area contributed by atoms with E-state index in [0.717, 1.165) is 50.0 Å². The number of nitrogen functional groups attached to an aromatic ring is 8. The molecule has 12 aromatic carbocycles. The van der Waals surface area contributed by atoms with Gasteiger partial charge >= 0.3 is 0 Å². The Morgan fingerprint density at radius 1 is 0.154 bits per heavy atom. The third kappa shape index (κ3) is 12.6. The molecule has 0 saturated heterocycles. The molecule has 104 heavy (non-hydrogen) atoms. The summed E-state index contributed by atoms with van der Waals surface area (Å²) in [6, 6.07) is 73.9. The molecule has 16 N–H and O–H groups in total. The number of hydrogen-bond donors (Lipinski definition) is 8. The Balaban J connectivity index is 0.000000103. The molecule has 0 aliphatic carbocycles. The molecule has 504 valence electrons. The fraction of sp³-hybridized carbons (Fsp3) is 0. The average molecular weight is 1370 g/mol. The standard InChI is InChI=1S/4C20H14N4O2/c21-13-5-1-3-11(7-13)19-23-15-9-18-16(10-17(15)25-19)24-20(26-18)12-4-2-6-14(22)8-12;21-13-5-1-3-11(7-13)19-23-15-9-16-18(10-17(15)25-19)26-20(24-16)12-4-2-6-14(22)8-12;21-13-6-4-11(5-7-13)19-23-15-9-18-16(10-17(15)25-19)24-20(26-18)12-2-1-3-14(22)8-12;21-13-6-4-11(5-7-13)19-23-15-9-16-18(10-17(15)25-19)26-20(24-16)12-2-1-3-14(22)8-12/h4*1-10H,21-22H2. The van der Waals surface area contributed by atoms with E-state index in [-0.39, 0.29) is 0 Å². The number of nitrogens with two attached hydrogens (primary N) is 8. The maximum absolute atomic E-state index is 5.88. The van der Waals surface area contributed by atoms with Crippen LogP contribution < -0.4 is 45.9 Å². The van der Waals surface area contributed by atoms with Crippen molar-refractivity contribution in [2.45, 2.75) is 0 Å². The summed E-state index contributed by atoms with van der Waals surface area (Å²) in [5.74, 6) is 4.13.